The van der Waals surface area contributed by atoms with Crippen molar-refractivity contribution < 1.29 is 24.0 Å². The van der Waals surface area contributed by atoms with Gasteiger partial charge in [0.25, 0.3) is 0 Å². The van der Waals surface area contributed by atoms with Gasteiger partial charge in [0.15, 0.2) is 0 Å². The van der Waals surface area contributed by atoms with Crippen LogP contribution in [-0.2, 0) is 14.3 Å². The lowest BCUT2D eigenvalue weighted by molar-refractivity contribution is -0.874. The molecule has 144 valence electrons. The SMILES string of the molecule is COc1ccc(N2C(=O)C[C@H]([C@H]3CCCC=C3[NH+]3CCOCC3)C2=O)cc1. The van der Waals surface area contributed by atoms with Gasteiger partial charge in [-0.3, -0.25) is 14.5 Å². The summed E-state index contributed by atoms with van der Waals surface area (Å²) in [5.41, 5.74) is 1.96. The quantitative estimate of drug-likeness (QED) is 0.808. The monoisotopic (exact) mass is 371 g/mol. The molecule has 0 unspecified atom stereocenters. The minimum Gasteiger partial charge on any atom is -0.497 e. The van der Waals surface area contributed by atoms with Crippen LogP contribution in [0, 0.1) is 11.8 Å². The fraction of sp³-hybridized carbons (Fsp3) is 0.524. The number of morpholine rings is 1. The first kappa shape index (κ1) is 18.2. The van der Waals surface area contributed by atoms with Crippen molar-refractivity contribution in [1.82, 2.24) is 0 Å². The summed E-state index contributed by atoms with van der Waals surface area (Å²) in [5, 5.41) is 0. The number of anilines is 1. The summed E-state index contributed by atoms with van der Waals surface area (Å²) in [6, 6.07) is 7.13. The van der Waals surface area contributed by atoms with E-state index in [-0.39, 0.29) is 23.7 Å². The maximum Gasteiger partial charge on any atom is 0.238 e. The second-order valence-corrected chi connectivity index (χ2v) is 7.49. The lowest BCUT2D eigenvalue weighted by atomic mass is 9.80. The van der Waals surface area contributed by atoms with Gasteiger partial charge in [0.1, 0.15) is 24.5 Å². The number of carbonyl (C=O) groups is 2. The third kappa shape index (κ3) is 3.51. The van der Waals surface area contributed by atoms with Crippen molar-refractivity contribution in [2.75, 3.05) is 38.3 Å². The summed E-state index contributed by atoms with van der Waals surface area (Å²) in [5.74, 6) is 0.462. The van der Waals surface area contributed by atoms with Crippen molar-refractivity contribution in [3.63, 3.8) is 0 Å². The van der Waals surface area contributed by atoms with E-state index in [2.05, 4.69) is 6.08 Å². The highest BCUT2D eigenvalue weighted by Gasteiger charge is 2.47. The van der Waals surface area contributed by atoms with Gasteiger partial charge in [-0.15, -0.1) is 0 Å². The van der Waals surface area contributed by atoms with Crippen LogP contribution < -0.4 is 14.5 Å². The Kier molecular flexibility index (Phi) is 5.27. The molecule has 2 amide bonds. The van der Waals surface area contributed by atoms with Crippen LogP contribution in [0.3, 0.4) is 0 Å². The molecule has 1 N–H and O–H groups in total. The van der Waals surface area contributed by atoms with Gasteiger partial charge >= 0.3 is 0 Å². The predicted octanol–water partition coefficient (Wildman–Crippen LogP) is 1.17. The molecule has 2 aliphatic heterocycles. The zero-order chi connectivity index (χ0) is 18.8. The molecule has 4 rings (SSSR count). The van der Waals surface area contributed by atoms with Crippen LogP contribution in [0.4, 0.5) is 5.69 Å². The Bertz CT molecular complexity index is 737. The van der Waals surface area contributed by atoms with Crippen molar-refractivity contribution in [1.29, 1.82) is 0 Å². The number of nitrogens with zero attached hydrogens (tertiary/aromatic N) is 1. The zero-order valence-corrected chi connectivity index (χ0v) is 15.8. The summed E-state index contributed by atoms with van der Waals surface area (Å²) in [6.07, 6.45) is 5.74. The molecule has 1 aromatic rings. The van der Waals surface area contributed by atoms with E-state index >= 15 is 0 Å². The molecule has 0 aromatic heterocycles. The first-order chi connectivity index (χ1) is 13.2. The molecule has 6 nitrogen and oxygen atoms in total. The van der Waals surface area contributed by atoms with Crippen molar-refractivity contribution in [2.45, 2.75) is 25.7 Å². The van der Waals surface area contributed by atoms with Crippen LogP contribution in [0.1, 0.15) is 25.7 Å². The van der Waals surface area contributed by atoms with Crippen LogP contribution in [0.15, 0.2) is 36.0 Å². The molecule has 2 saturated heterocycles. The number of imide groups is 1. The fourth-order valence-electron chi connectivity index (χ4n) is 4.61. The summed E-state index contributed by atoms with van der Waals surface area (Å²) in [7, 11) is 1.60. The van der Waals surface area contributed by atoms with E-state index in [1.807, 2.05) is 0 Å². The second kappa shape index (κ2) is 7.82. The molecule has 3 aliphatic rings. The maximum atomic E-state index is 13.2. The number of amides is 2. The van der Waals surface area contributed by atoms with Gasteiger partial charge in [0, 0.05) is 12.3 Å². The number of benzene rings is 1. The van der Waals surface area contributed by atoms with Crippen LogP contribution in [-0.4, -0.2) is 45.2 Å². The predicted molar refractivity (Wildman–Crippen MR) is 101 cm³/mol. The van der Waals surface area contributed by atoms with E-state index in [1.165, 1.54) is 15.5 Å². The van der Waals surface area contributed by atoms with Crippen LogP contribution >= 0.6 is 0 Å². The van der Waals surface area contributed by atoms with Crippen LogP contribution in [0.25, 0.3) is 0 Å². The Hall–Kier alpha value is -2.18. The summed E-state index contributed by atoms with van der Waals surface area (Å²) in [4.78, 5) is 28.7. The maximum absolute atomic E-state index is 13.2. The smallest absolute Gasteiger partial charge is 0.238 e. The molecule has 0 spiro atoms. The van der Waals surface area contributed by atoms with E-state index in [0.717, 1.165) is 45.6 Å². The number of nitrogens with one attached hydrogen (secondary N) is 1. The normalized spacial score (nSPS) is 27.0. The van der Waals surface area contributed by atoms with Gasteiger partial charge in [0.2, 0.25) is 11.8 Å². The van der Waals surface area contributed by atoms with Gasteiger partial charge in [-0.1, -0.05) is 0 Å². The molecule has 0 radical (unpaired) electrons. The minimum absolute atomic E-state index is 0.0596. The van der Waals surface area contributed by atoms with E-state index in [1.54, 1.807) is 31.4 Å². The van der Waals surface area contributed by atoms with Crippen molar-refractivity contribution in [3.05, 3.63) is 36.0 Å². The lowest BCUT2D eigenvalue weighted by Crippen LogP contribution is -3.13. The topological polar surface area (TPSA) is 60.3 Å². The van der Waals surface area contributed by atoms with Crippen LogP contribution in [0.2, 0.25) is 0 Å². The Morgan fingerprint density at radius 1 is 1.11 bits per heavy atom. The number of methoxy groups -OCH3 is 1. The highest BCUT2D eigenvalue weighted by atomic mass is 16.5. The first-order valence-electron chi connectivity index (χ1n) is 9.82. The molecule has 0 saturated carbocycles. The molecule has 2 atom stereocenters. The highest BCUT2D eigenvalue weighted by Crippen LogP contribution is 2.37. The number of ether oxygens (including phenoxy) is 2. The van der Waals surface area contributed by atoms with Crippen molar-refractivity contribution >= 4 is 17.5 Å². The van der Waals surface area contributed by atoms with Gasteiger partial charge < -0.3 is 14.4 Å². The Labute approximate surface area is 159 Å². The fourth-order valence-corrected chi connectivity index (χ4v) is 4.61. The molecule has 2 heterocycles. The average Bonchev–Trinajstić information content (AvgIpc) is 3.02. The molecular formula is C21H27N2O4+. The number of quaternary nitrogens is 1. The number of hydrogen-bond acceptors (Lipinski definition) is 4. The second-order valence-electron chi connectivity index (χ2n) is 7.49. The number of rotatable bonds is 4. The van der Waals surface area contributed by atoms with E-state index < -0.39 is 0 Å². The van der Waals surface area contributed by atoms with Gasteiger partial charge in [-0.25, -0.2) is 0 Å². The van der Waals surface area contributed by atoms with Gasteiger partial charge in [-0.2, -0.15) is 0 Å². The molecule has 0 bridgehead atoms. The summed E-state index contributed by atoms with van der Waals surface area (Å²) in [6.45, 7) is 3.41. The Balaban J connectivity index is 1.56. The molecule has 1 aliphatic carbocycles. The third-order valence-electron chi connectivity index (χ3n) is 5.99. The molecule has 2 fully saturated rings. The molecule has 6 heteroatoms. The lowest BCUT2D eigenvalue weighted by Gasteiger charge is -2.34. The third-order valence-corrected chi connectivity index (χ3v) is 5.99. The molecular weight excluding hydrogens is 344 g/mol. The highest BCUT2D eigenvalue weighted by molar-refractivity contribution is 6.21. The number of carbonyl (C=O) groups excluding carboxylic acids is 2. The largest absolute Gasteiger partial charge is 0.497 e. The average molecular weight is 371 g/mol. The minimum atomic E-state index is -0.249. The number of hydrogen-bond donors (Lipinski definition) is 1. The first-order valence-corrected chi connectivity index (χ1v) is 9.82. The Morgan fingerprint density at radius 2 is 1.85 bits per heavy atom. The van der Waals surface area contributed by atoms with Gasteiger partial charge in [0.05, 0.1) is 31.9 Å². The summed E-state index contributed by atoms with van der Waals surface area (Å²) < 4.78 is 10.7. The van der Waals surface area contributed by atoms with Crippen molar-refractivity contribution in [2.24, 2.45) is 11.8 Å². The van der Waals surface area contributed by atoms with Gasteiger partial charge in [-0.05, 0) is 49.6 Å². The van der Waals surface area contributed by atoms with E-state index in [4.69, 9.17) is 9.47 Å². The standard InChI is InChI=1S/C21H26N2O4/c1-26-16-8-6-15(7-9-16)23-20(24)14-18(21(23)25)17-4-2-3-5-19(17)22-10-12-27-13-11-22/h5-9,17-18H,2-4,10-14H2,1H3/p+1/t17-,18-/m1/s1. The van der Waals surface area contributed by atoms with Crippen molar-refractivity contribution in [3.8, 4) is 5.75 Å². The van der Waals surface area contributed by atoms with E-state index in [9.17, 15) is 9.59 Å². The van der Waals surface area contributed by atoms with E-state index in [0.29, 0.717) is 17.9 Å². The number of allylic oxidation sites excluding steroid dienone is 2. The molecule has 1 aromatic carbocycles. The zero-order valence-electron chi connectivity index (χ0n) is 15.8. The Morgan fingerprint density at radius 3 is 2.56 bits per heavy atom. The van der Waals surface area contributed by atoms with Crippen LogP contribution in [0.5, 0.6) is 5.75 Å². The molecule has 27 heavy (non-hydrogen) atoms. The summed E-state index contributed by atoms with van der Waals surface area (Å²) >= 11 is 0.